The first kappa shape index (κ1) is 17.2. The van der Waals surface area contributed by atoms with Gasteiger partial charge in [0.1, 0.15) is 0 Å². The normalized spacial score (nSPS) is 14.7. The lowest BCUT2D eigenvalue weighted by molar-refractivity contribution is -0.152. The number of amides is 2. The summed E-state index contributed by atoms with van der Waals surface area (Å²) in [5.74, 6) is -0.0943. The minimum Gasteiger partial charge on any atom is -0.337 e. The van der Waals surface area contributed by atoms with E-state index in [2.05, 4.69) is 9.97 Å². The van der Waals surface area contributed by atoms with Gasteiger partial charge in [-0.25, -0.2) is 9.97 Å². The summed E-state index contributed by atoms with van der Waals surface area (Å²) >= 11 is 0. The smallest absolute Gasteiger partial charge is 0.312 e. The Bertz CT molecular complexity index is 508. The zero-order valence-corrected chi connectivity index (χ0v) is 13.9. The molecule has 0 bridgehead atoms. The minimum atomic E-state index is -0.388. The number of nitrogens with zero attached hydrogens (tertiary/aromatic N) is 5. The van der Waals surface area contributed by atoms with E-state index in [4.69, 9.17) is 0 Å². The van der Waals surface area contributed by atoms with Crippen molar-refractivity contribution in [3.05, 3.63) is 18.5 Å². The van der Waals surface area contributed by atoms with Gasteiger partial charge in [0.2, 0.25) is 5.95 Å². The van der Waals surface area contributed by atoms with Crippen LogP contribution in [0.3, 0.4) is 0 Å². The van der Waals surface area contributed by atoms with Crippen molar-refractivity contribution in [1.82, 2.24) is 19.8 Å². The first-order valence-corrected chi connectivity index (χ1v) is 8.27. The van der Waals surface area contributed by atoms with Crippen LogP contribution in [0.15, 0.2) is 18.5 Å². The van der Waals surface area contributed by atoms with Crippen LogP contribution in [-0.2, 0) is 9.59 Å². The molecule has 7 nitrogen and oxygen atoms in total. The Morgan fingerprint density at radius 1 is 1.04 bits per heavy atom. The molecule has 126 valence electrons. The Morgan fingerprint density at radius 2 is 1.61 bits per heavy atom. The van der Waals surface area contributed by atoms with Crippen LogP contribution in [0.5, 0.6) is 0 Å². The van der Waals surface area contributed by atoms with E-state index in [9.17, 15) is 9.59 Å². The molecule has 1 aliphatic heterocycles. The third-order valence-corrected chi connectivity index (χ3v) is 3.86. The number of piperazine rings is 1. The van der Waals surface area contributed by atoms with Crippen molar-refractivity contribution >= 4 is 17.8 Å². The highest BCUT2D eigenvalue weighted by Crippen LogP contribution is 2.10. The zero-order chi connectivity index (χ0) is 16.7. The van der Waals surface area contributed by atoms with Gasteiger partial charge in [-0.05, 0) is 18.9 Å². The van der Waals surface area contributed by atoms with E-state index < -0.39 is 0 Å². The highest BCUT2D eigenvalue weighted by Gasteiger charge is 2.29. The van der Waals surface area contributed by atoms with Crippen molar-refractivity contribution in [2.24, 2.45) is 0 Å². The van der Waals surface area contributed by atoms with Gasteiger partial charge in [0.05, 0.1) is 0 Å². The van der Waals surface area contributed by atoms with Gasteiger partial charge in [-0.3, -0.25) is 9.59 Å². The van der Waals surface area contributed by atoms with E-state index in [0.717, 1.165) is 12.8 Å². The van der Waals surface area contributed by atoms with Gasteiger partial charge in [0.25, 0.3) is 0 Å². The maximum atomic E-state index is 12.4. The number of carbonyl (C=O) groups excluding carboxylic acids is 2. The molecule has 0 saturated carbocycles. The summed E-state index contributed by atoms with van der Waals surface area (Å²) < 4.78 is 0. The van der Waals surface area contributed by atoms with Crippen LogP contribution in [0.4, 0.5) is 5.95 Å². The number of aromatic nitrogens is 2. The number of hydrogen-bond donors (Lipinski definition) is 0. The van der Waals surface area contributed by atoms with Crippen molar-refractivity contribution in [3.63, 3.8) is 0 Å². The first-order chi connectivity index (χ1) is 11.2. The first-order valence-electron chi connectivity index (χ1n) is 8.27. The van der Waals surface area contributed by atoms with Crippen molar-refractivity contribution < 1.29 is 9.59 Å². The third kappa shape index (κ3) is 4.40. The highest BCUT2D eigenvalue weighted by molar-refractivity contribution is 6.34. The lowest BCUT2D eigenvalue weighted by Gasteiger charge is -2.35. The Balaban J connectivity index is 1.91. The van der Waals surface area contributed by atoms with E-state index in [0.29, 0.717) is 45.2 Å². The summed E-state index contributed by atoms with van der Waals surface area (Å²) in [6, 6.07) is 1.78. The molecule has 0 unspecified atom stereocenters. The summed E-state index contributed by atoms with van der Waals surface area (Å²) in [4.78, 5) is 38.6. The van der Waals surface area contributed by atoms with Crippen LogP contribution in [0, 0.1) is 0 Å². The number of carbonyl (C=O) groups is 2. The molecule has 1 aromatic heterocycles. The fourth-order valence-electron chi connectivity index (χ4n) is 2.69. The molecule has 0 radical (unpaired) electrons. The summed E-state index contributed by atoms with van der Waals surface area (Å²) in [6.07, 6.45) is 5.13. The standard InChI is InChI=1S/C16H25N5O2/c1-3-8-19(9-4-2)14(22)15(23)20-10-12-21(13-11-20)16-17-6-5-7-18-16/h5-7H,3-4,8-13H2,1-2H3. The minimum absolute atomic E-state index is 0.377. The van der Waals surface area contributed by atoms with Crippen LogP contribution in [0.1, 0.15) is 26.7 Å². The Kier molecular flexibility index (Phi) is 6.31. The largest absolute Gasteiger partial charge is 0.337 e. The van der Waals surface area contributed by atoms with Crippen molar-refractivity contribution in [2.75, 3.05) is 44.2 Å². The molecule has 1 saturated heterocycles. The fourth-order valence-corrected chi connectivity index (χ4v) is 2.69. The second-order valence-corrected chi connectivity index (χ2v) is 5.62. The molecule has 0 aliphatic carbocycles. The average Bonchev–Trinajstić information content (AvgIpc) is 2.61. The predicted molar refractivity (Wildman–Crippen MR) is 88.0 cm³/mol. The number of rotatable bonds is 5. The van der Waals surface area contributed by atoms with Crippen LogP contribution >= 0.6 is 0 Å². The summed E-state index contributed by atoms with van der Waals surface area (Å²) in [7, 11) is 0. The second kappa shape index (κ2) is 8.45. The zero-order valence-electron chi connectivity index (χ0n) is 13.9. The molecule has 2 rings (SSSR count). The molecular formula is C16H25N5O2. The van der Waals surface area contributed by atoms with Crippen LogP contribution < -0.4 is 4.90 Å². The second-order valence-electron chi connectivity index (χ2n) is 5.62. The molecule has 2 heterocycles. The van der Waals surface area contributed by atoms with Gasteiger partial charge in [-0.2, -0.15) is 0 Å². The lowest BCUT2D eigenvalue weighted by atomic mass is 10.3. The molecule has 0 atom stereocenters. The van der Waals surface area contributed by atoms with E-state index in [1.165, 1.54) is 0 Å². The van der Waals surface area contributed by atoms with Crippen LogP contribution in [0.25, 0.3) is 0 Å². The summed E-state index contributed by atoms with van der Waals surface area (Å²) in [5.41, 5.74) is 0. The van der Waals surface area contributed by atoms with Gasteiger partial charge < -0.3 is 14.7 Å². The molecule has 1 fully saturated rings. The molecular weight excluding hydrogens is 294 g/mol. The van der Waals surface area contributed by atoms with E-state index in [1.807, 2.05) is 18.7 Å². The number of hydrogen-bond acceptors (Lipinski definition) is 5. The lowest BCUT2D eigenvalue weighted by Crippen LogP contribution is -2.53. The highest BCUT2D eigenvalue weighted by atomic mass is 16.2. The Labute approximate surface area is 137 Å². The topological polar surface area (TPSA) is 69.6 Å². The quantitative estimate of drug-likeness (QED) is 0.750. The van der Waals surface area contributed by atoms with Crippen LogP contribution in [-0.4, -0.2) is 70.9 Å². The van der Waals surface area contributed by atoms with Gasteiger partial charge in [-0.1, -0.05) is 13.8 Å². The maximum Gasteiger partial charge on any atom is 0.312 e. The van der Waals surface area contributed by atoms with Crippen molar-refractivity contribution in [1.29, 1.82) is 0 Å². The van der Waals surface area contributed by atoms with E-state index >= 15 is 0 Å². The van der Waals surface area contributed by atoms with Gasteiger partial charge in [0, 0.05) is 51.7 Å². The number of anilines is 1. The third-order valence-electron chi connectivity index (χ3n) is 3.86. The summed E-state index contributed by atoms with van der Waals surface area (Å²) in [6.45, 7) is 7.63. The van der Waals surface area contributed by atoms with E-state index in [-0.39, 0.29) is 11.8 Å². The molecule has 7 heteroatoms. The molecule has 1 aliphatic rings. The molecule has 0 spiro atoms. The van der Waals surface area contributed by atoms with Gasteiger partial charge >= 0.3 is 11.8 Å². The monoisotopic (exact) mass is 319 g/mol. The molecule has 1 aromatic rings. The van der Waals surface area contributed by atoms with Gasteiger partial charge in [0.15, 0.2) is 0 Å². The fraction of sp³-hybridized carbons (Fsp3) is 0.625. The SMILES string of the molecule is CCCN(CCC)C(=O)C(=O)N1CCN(c2ncccn2)CC1. The van der Waals surface area contributed by atoms with Crippen molar-refractivity contribution in [3.8, 4) is 0 Å². The Hall–Kier alpha value is -2.18. The van der Waals surface area contributed by atoms with Crippen molar-refractivity contribution in [2.45, 2.75) is 26.7 Å². The molecule has 23 heavy (non-hydrogen) atoms. The molecule has 0 aromatic carbocycles. The molecule has 2 amide bonds. The average molecular weight is 319 g/mol. The summed E-state index contributed by atoms with van der Waals surface area (Å²) in [5, 5.41) is 0. The Morgan fingerprint density at radius 3 is 2.13 bits per heavy atom. The van der Waals surface area contributed by atoms with Gasteiger partial charge in [-0.15, -0.1) is 0 Å². The molecule has 0 N–H and O–H groups in total. The van der Waals surface area contributed by atoms with Crippen LogP contribution in [0.2, 0.25) is 0 Å². The van der Waals surface area contributed by atoms with E-state index in [1.54, 1.807) is 28.3 Å². The predicted octanol–water partition coefficient (Wildman–Crippen LogP) is 0.774. The maximum absolute atomic E-state index is 12.4.